The molecular formula is C24H18Cl2N4O. The summed E-state index contributed by atoms with van der Waals surface area (Å²) in [7, 11) is 0. The van der Waals surface area contributed by atoms with Crippen LogP contribution in [0.1, 0.15) is 38.8 Å². The Labute approximate surface area is 189 Å². The van der Waals surface area contributed by atoms with E-state index in [1.165, 1.54) is 0 Å². The fraction of sp³-hybridized carbons (Fsp3) is 0.125. The second-order valence-corrected chi connectivity index (χ2v) is 8.41. The van der Waals surface area contributed by atoms with Gasteiger partial charge < -0.3 is 4.90 Å². The van der Waals surface area contributed by atoms with Crippen molar-refractivity contribution in [1.29, 1.82) is 0 Å². The van der Waals surface area contributed by atoms with Crippen molar-refractivity contribution in [2.75, 3.05) is 0 Å². The molecule has 7 heteroatoms. The van der Waals surface area contributed by atoms with E-state index < -0.39 is 0 Å². The first kappa shape index (κ1) is 19.8. The van der Waals surface area contributed by atoms with Gasteiger partial charge >= 0.3 is 0 Å². The number of fused-ring (bicyclic) bond motifs is 2. The molecule has 0 saturated carbocycles. The van der Waals surface area contributed by atoms with Gasteiger partial charge in [-0.2, -0.15) is 5.10 Å². The molecule has 0 fully saturated rings. The van der Waals surface area contributed by atoms with E-state index in [1.54, 1.807) is 18.3 Å². The van der Waals surface area contributed by atoms with Crippen molar-refractivity contribution >= 4 is 41.1 Å². The van der Waals surface area contributed by atoms with Crippen LogP contribution in [0.3, 0.4) is 0 Å². The van der Waals surface area contributed by atoms with E-state index in [0.717, 1.165) is 34.4 Å². The van der Waals surface area contributed by atoms with Crippen LogP contribution in [0.5, 0.6) is 0 Å². The zero-order valence-electron chi connectivity index (χ0n) is 16.9. The molecule has 0 saturated heterocycles. The second kappa shape index (κ2) is 7.52. The number of hydrogen-bond acceptors (Lipinski definition) is 4. The summed E-state index contributed by atoms with van der Waals surface area (Å²) in [5.41, 5.74) is 5.22. The molecule has 2 aliphatic rings. The Morgan fingerprint density at radius 1 is 1.03 bits per heavy atom. The summed E-state index contributed by atoms with van der Waals surface area (Å²) in [6.07, 6.45) is 4.34. The largest absolute Gasteiger partial charge is 0.318 e. The number of carbonyl (C=O) groups is 1. The minimum absolute atomic E-state index is 0.348. The first-order valence-corrected chi connectivity index (χ1v) is 10.6. The Balaban J connectivity index is 1.81. The molecule has 3 heterocycles. The smallest absolute Gasteiger partial charge is 0.164 e. The predicted molar refractivity (Wildman–Crippen MR) is 124 cm³/mol. The van der Waals surface area contributed by atoms with E-state index >= 15 is 0 Å². The highest BCUT2D eigenvalue weighted by molar-refractivity contribution is 6.45. The van der Waals surface area contributed by atoms with Crippen molar-refractivity contribution in [2.24, 2.45) is 4.99 Å². The Kier molecular flexibility index (Phi) is 4.80. The third kappa shape index (κ3) is 3.21. The van der Waals surface area contributed by atoms with Crippen molar-refractivity contribution in [3.05, 3.63) is 98.8 Å². The monoisotopic (exact) mass is 448 g/mol. The molecular weight excluding hydrogens is 431 g/mol. The molecule has 0 N–H and O–H groups in total. The summed E-state index contributed by atoms with van der Waals surface area (Å²) >= 11 is 12.9. The number of carbonyl (C=O) groups excluding carboxylic acids is 1. The van der Waals surface area contributed by atoms with E-state index in [2.05, 4.69) is 0 Å². The van der Waals surface area contributed by atoms with Crippen LogP contribution in [0, 0.1) is 13.8 Å². The number of halogens is 2. The van der Waals surface area contributed by atoms with Crippen LogP contribution in [0.2, 0.25) is 0 Å². The Morgan fingerprint density at radius 2 is 1.77 bits per heavy atom. The van der Waals surface area contributed by atoms with Crippen LogP contribution in [0.25, 0.3) is 5.69 Å². The van der Waals surface area contributed by atoms with Gasteiger partial charge in [-0.25, -0.2) is 9.67 Å². The number of aromatic nitrogens is 2. The SMILES string of the molecule is Cc1ccc(-n2nc(C)c3c2N=C2C(Cl)=CC(Cl)=CN2[C@@H]3c2ccccc2C=O)cc1. The number of aldehydes is 1. The van der Waals surface area contributed by atoms with Crippen molar-refractivity contribution in [3.63, 3.8) is 0 Å². The number of nitrogens with zero attached hydrogens (tertiary/aromatic N) is 4. The molecule has 3 aromatic rings. The predicted octanol–water partition coefficient (Wildman–Crippen LogP) is 5.95. The van der Waals surface area contributed by atoms with Gasteiger partial charge in [-0.15, -0.1) is 0 Å². The van der Waals surface area contributed by atoms with Crippen LogP contribution < -0.4 is 0 Å². The third-order valence-electron chi connectivity index (χ3n) is 5.53. The molecule has 0 spiro atoms. The van der Waals surface area contributed by atoms with Gasteiger partial charge in [-0.1, -0.05) is 65.2 Å². The van der Waals surface area contributed by atoms with Crippen molar-refractivity contribution < 1.29 is 4.79 Å². The fourth-order valence-corrected chi connectivity index (χ4v) is 4.61. The van der Waals surface area contributed by atoms with Crippen molar-refractivity contribution in [2.45, 2.75) is 19.9 Å². The maximum absolute atomic E-state index is 11.9. The van der Waals surface area contributed by atoms with Gasteiger partial charge in [0.25, 0.3) is 0 Å². The van der Waals surface area contributed by atoms with Gasteiger partial charge in [0.1, 0.15) is 6.29 Å². The molecule has 2 aliphatic heterocycles. The lowest BCUT2D eigenvalue weighted by Crippen LogP contribution is -2.36. The molecule has 1 aromatic heterocycles. The summed E-state index contributed by atoms with van der Waals surface area (Å²) in [5.74, 6) is 1.26. The van der Waals surface area contributed by atoms with Crippen molar-refractivity contribution in [3.8, 4) is 5.69 Å². The lowest BCUT2D eigenvalue weighted by Gasteiger charge is -2.37. The molecule has 0 amide bonds. The van der Waals surface area contributed by atoms with Crippen LogP contribution >= 0.6 is 23.2 Å². The van der Waals surface area contributed by atoms with E-state index in [-0.39, 0.29) is 6.04 Å². The van der Waals surface area contributed by atoms with Crippen LogP contribution in [0.15, 0.2) is 75.9 Å². The summed E-state index contributed by atoms with van der Waals surface area (Å²) < 4.78 is 1.83. The second-order valence-electron chi connectivity index (χ2n) is 7.57. The summed E-state index contributed by atoms with van der Waals surface area (Å²) in [5, 5.41) is 5.73. The van der Waals surface area contributed by atoms with Gasteiger partial charge in [0.05, 0.1) is 27.5 Å². The van der Waals surface area contributed by atoms with Crippen LogP contribution in [0.4, 0.5) is 5.82 Å². The molecule has 31 heavy (non-hydrogen) atoms. The molecule has 5 rings (SSSR count). The van der Waals surface area contributed by atoms with Gasteiger partial charge in [-0.05, 0) is 37.6 Å². The van der Waals surface area contributed by atoms with Crippen LogP contribution in [-0.4, -0.2) is 26.8 Å². The summed E-state index contributed by atoms with van der Waals surface area (Å²) in [6, 6.07) is 15.3. The first-order chi connectivity index (χ1) is 15.0. The zero-order chi connectivity index (χ0) is 21.7. The standard InChI is InChI=1S/C24H18Cl2N4O/c1-14-7-9-18(10-8-14)30-24-21(15(2)28-30)22(19-6-4-3-5-16(19)13-31)29-12-17(25)11-20(26)23(29)27-24/h3-13,22H,1-2H3/t22-/m1/s1. The summed E-state index contributed by atoms with van der Waals surface area (Å²) in [4.78, 5) is 18.7. The summed E-state index contributed by atoms with van der Waals surface area (Å²) in [6.45, 7) is 3.99. The molecule has 154 valence electrons. The molecule has 0 radical (unpaired) electrons. The van der Waals surface area contributed by atoms with Gasteiger partial charge in [-0.3, -0.25) is 4.79 Å². The molecule has 0 unspecified atom stereocenters. The number of allylic oxidation sites excluding steroid dienone is 2. The average molecular weight is 449 g/mol. The maximum Gasteiger partial charge on any atom is 0.164 e. The lowest BCUT2D eigenvalue weighted by atomic mass is 9.91. The molecule has 1 atom stereocenters. The highest BCUT2D eigenvalue weighted by Gasteiger charge is 2.38. The van der Waals surface area contributed by atoms with Gasteiger partial charge in [0, 0.05) is 17.3 Å². The number of amidine groups is 1. The molecule has 5 nitrogen and oxygen atoms in total. The van der Waals surface area contributed by atoms with Crippen LogP contribution in [-0.2, 0) is 0 Å². The molecule has 2 aromatic carbocycles. The van der Waals surface area contributed by atoms with E-state index in [9.17, 15) is 4.79 Å². The number of aryl methyl sites for hydroxylation is 2. The molecule has 0 aliphatic carbocycles. The van der Waals surface area contributed by atoms with E-state index in [1.807, 2.05) is 65.9 Å². The fourth-order valence-electron chi connectivity index (χ4n) is 4.08. The minimum atomic E-state index is -0.348. The number of rotatable bonds is 3. The molecule has 0 bridgehead atoms. The lowest BCUT2D eigenvalue weighted by molar-refractivity contribution is 0.112. The Hall–Kier alpha value is -3.15. The topological polar surface area (TPSA) is 50.5 Å². The Bertz CT molecular complexity index is 1300. The van der Waals surface area contributed by atoms with Crippen molar-refractivity contribution in [1.82, 2.24) is 14.7 Å². The average Bonchev–Trinajstić information content (AvgIpc) is 3.09. The highest BCUT2D eigenvalue weighted by Crippen LogP contribution is 2.45. The Morgan fingerprint density at radius 3 is 2.52 bits per heavy atom. The number of hydrogen-bond donors (Lipinski definition) is 0. The quantitative estimate of drug-likeness (QED) is 0.464. The number of aliphatic imine (C=N–C) groups is 1. The van der Waals surface area contributed by atoms with E-state index in [4.69, 9.17) is 33.3 Å². The first-order valence-electron chi connectivity index (χ1n) is 9.80. The maximum atomic E-state index is 11.9. The minimum Gasteiger partial charge on any atom is -0.318 e. The van der Waals surface area contributed by atoms with E-state index in [0.29, 0.717) is 27.3 Å². The van der Waals surface area contributed by atoms with Gasteiger partial charge in [0.15, 0.2) is 11.7 Å². The van der Waals surface area contributed by atoms with Gasteiger partial charge in [0.2, 0.25) is 0 Å². The normalized spacial score (nSPS) is 17.4. The number of benzene rings is 2. The third-order valence-corrected chi connectivity index (χ3v) is 6.01. The zero-order valence-corrected chi connectivity index (χ0v) is 18.4. The highest BCUT2D eigenvalue weighted by atomic mass is 35.5.